The second-order valence-corrected chi connectivity index (χ2v) is 11.8. The number of β-lactam (4-membered cyclic amide) rings is 1. The number of ether oxygens (including phenoxy) is 1. The monoisotopic (exact) mass is 669 g/mol. The lowest BCUT2D eigenvalue weighted by molar-refractivity contribution is -0.162. The lowest BCUT2D eigenvalue weighted by atomic mass is 9.86. The minimum absolute atomic E-state index is 0.000343. The zero-order chi connectivity index (χ0) is 29.7. The molecule has 0 aliphatic carbocycles. The van der Waals surface area contributed by atoms with Crippen molar-refractivity contribution in [2.45, 2.75) is 17.5 Å². The van der Waals surface area contributed by atoms with E-state index in [4.69, 9.17) is 9.94 Å². The molecule has 216 valence electrons. The van der Waals surface area contributed by atoms with E-state index in [-0.39, 0.29) is 17.6 Å². The standard InChI is InChI=1S/C28H24BrN5O6S2/c29-13-20(35)21(32-39)24(36)30-22-25(37)34-15-28(16-41-26(22)34,12-11-19-14-42-33-31-19)27(38)40-23(17-7-3-1-4-8-17)18-9-5-2-6-10-18/h1-12,14,22-23,26,39H,13,15-16H2,(H,30,36)/t22?,26-,28?/m1/s1. The van der Waals surface area contributed by atoms with Gasteiger partial charge in [-0.05, 0) is 28.7 Å². The number of oxime groups is 1. The van der Waals surface area contributed by atoms with Crippen LogP contribution in [0.5, 0.6) is 0 Å². The van der Waals surface area contributed by atoms with Gasteiger partial charge >= 0.3 is 5.97 Å². The summed E-state index contributed by atoms with van der Waals surface area (Å²) in [5.74, 6) is -2.42. The predicted octanol–water partition coefficient (Wildman–Crippen LogP) is 3.06. The highest BCUT2D eigenvalue weighted by Gasteiger charge is 2.57. The van der Waals surface area contributed by atoms with Gasteiger partial charge in [0.05, 0.1) is 11.0 Å². The Balaban J connectivity index is 1.40. The summed E-state index contributed by atoms with van der Waals surface area (Å²) in [4.78, 5) is 53.2. The van der Waals surface area contributed by atoms with Gasteiger partial charge in [-0.3, -0.25) is 19.2 Å². The predicted molar refractivity (Wildman–Crippen MR) is 160 cm³/mol. The van der Waals surface area contributed by atoms with E-state index >= 15 is 0 Å². The third-order valence-corrected chi connectivity index (χ3v) is 9.46. The van der Waals surface area contributed by atoms with Gasteiger partial charge < -0.3 is 20.2 Å². The van der Waals surface area contributed by atoms with E-state index in [1.54, 1.807) is 17.5 Å². The number of carbonyl (C=O) groups excluding carboxylic acids is 4. The minimum atomic E-state index is -1.24. The van der Waals surface area contributed by atoms with E-state index in [0.717, 1.165) is 11.1 Å². The van der Waals surface area contributed by atoms with Crippen molar-refractivity contribution in [3.8, 4) is 0 Å². The molecule has 2 fully saturated rings. The first kappa shape index (κ1) is 29.6. The summed E-state index contributed by atoms with van der Waals surface area (Å²) in [5.41, 5.74) is 0.214. The molecule has 14 heteroatoms. The van der Waals surface area contributed by atoms with Crippen LogP contribution in [0.25, 0.3) is 6.08 Å². The first-order valence-electron chi connectivity index (χ1n) is 12.7. The molecule has 3 atom stereocenters. The van der Waals surface area contributed by atoms with Crippen LogP contribution in [-0.2, 0) is 23.9 Å². The molecule has 2 saturated heterocycles. The number of halogens is 1. The lowest BCUT2D eigenvalue weighted by Crippen LogP contribution is -2.74. The van der Waals surface area contributed by atoms with E-state index in [1.807, 2.05) is 60.7 Å². The minimum Gasteiger partial charge on any atom is -0.452 e. The molecule has 0 spiro atoms. The van der Waals surface area contributed by atoms with Crippen molar-refractivity contribution in [2.75, 3.05) is 17.6 Å². The van der Waals surface area contributed by atoms with Crippen LogP contribution >= 0.6 is 39.2 Å². The molecule has 2 N–H and O–H groups in total. The van der Waals surface area contributed by atoms with Gasteiger partial charge in [0.1, 0.15) is 16.8 Å². The van der Waals surface area contributed by atoms with Crippen molar-refractivity contribution in [3.05, 3.63) is 88.9 Å². The number of fused-ring (bicyclic) bond motifs is 1. The Hall–Kier alpha value is -3.88. The van der Waals surface area contributed by atoms with Gasteiger partial charge in [0, 0.05) is 17.7 Å². The van der Waals surface area contributed by atoms with Crippen LogP contribution in [0.3, 0.4) is 0 Å². The fraction of sp³-hybridized carbons (Fsp3) is 0.250. The summed E-state index contributed by atoms with van der Waals surface area (Å²) in [7, 11) is 0. The second-order valence-electron chi connectivity index (χ2n) is 9.55. The van der Waals surface area contributed by atoms with Gasteiger partial charge in [0.25, 0.3) is 5.91 Å². The molecule has 2 aliphatic heterocycles. The number of aromatic nitrogens is 2. The van der Waals surface area contributed by atoms with Crippen LogP contribution in [0.15, 0.2) is 77.3 Å². The fourth-order valence-corrected chi connectivity index (χ4v) is 6.88. The number of rotatable bonds is 10. The Morgan fingerprint density at radius 1 is 1.17 bits per heavy atom. The number of hydrogen-bond donors (Lipinski definition) is 2. The normalized spacial score (nSPS) is 22.0. The number of thioether (sulfide) groups is 1. The molecular formula is C28H24BrN5O6S2. The maximum absolute atomic E-state index is 14.1. The van der Waals surface area contributed by atoms with Crippen molar-refractivity contribution in [2.24, 2.45) is 10.6 Å². The number of alkyl halides is 1. The molecule has 2 amide bonds. The number of benzene rings is 2. The third-order valence-electron chi connectivity index (χ3n) is 6.88. The van der Waals surface area contributed by atoms with Gasteiger partial charge in [-0.1, -0.05) is 92.3 Å². The van der Waals surface area contributed by atoms with Gasteiger partial charge in [-0.15, -0.1) is 16.9 Å². The molecule has 0 radical (unpaired) electrons. The number of amides is 2. The summed E-state index contributed by atoms with van der Waals surface area (Å²) in [5, 5.41) is 19.4. The van der Waals surface area contributed by atoms with Gasteiger partial charge in [-0.2, -0.15) is 0 Å². The first-order valence-corrected chi connectivity index (χ1v) is 15.7. The van der Waals surface area contributed by atoms with Crippen LogP contribution < -0.4 is 5.32 Å². The topological polar surface area (TPSA) is 151 Å². The van der Waals surface area contributed by atoms with E-state index in [1.165, 1.54) is 28.2 Å². The van der Waals surface area contributed by atoms with Crippen LogP contribution in [0.4, 0.5) is 0 Å². The average Bonchev–Trinajstić information content (AvgIpc) is 3.56. The molecule has 2 unspecified atom stereocenters. The summed E-state index contributed by atoms with van der Waals surface area (Å²) in [6.45, 7) is 0.000343. The molecule has 11 nitrogen and oxygen atoms in total. The Morgan fingerprint density at radius 2 is 1.83 bits per heavy atom. The van der Waals surface area contributed by atoms with E-state index in [2.05, 4.69) is 36.0 Å². The highest BCUT2D eigenvalue weighted by Crippen LogP contribution is 2.44. The Kier molecular flexibility index (Phi) is 9.14. The van der Waals surface area contributed by atoms with Crippen molar-refractivity contribution in [1.82, 2.24) is 19.8 Å². The molecular weight excluding hydrogens is 646 g/mol. The zero-order valence-corrected chi connectivity index (χ0v) is 25.0. The summed E-state index contributed by atoms with van der Waals surface area (Å²) >= 11 is 5.40. The highest BCUT2D eigenvalue weighted by atomic mass is 79.9. The summed E-state index contributed by atoms with van der Waals surface area (Å²) < 4.78 is 10.1. The number of carbonyl (C=O) groups is 4. The maximum Gasteiger partial charge on any atom is 0.319 e. The summed E-state index contributed by atoms with van der Waals surface area (Å²) in [6.07, 6.45) is 2.70. The Labute approximate surface area is 257 Å². The number of esters is 1. The molecule has 5 rings (SSSR count). The lowest BCUT2D eigenvalue weighted by Gasteiger charge is -2.53. The third kappa shape index (κ3) is 6.01. The molecule has 3 heterocycles. The molecule has 2 aliphatic rings. The van der Waals surface area contributed by atoms with Crippen LogP contribution in [0.2, 0.25) is 0 Å². The first-order chi connectivity index (χ1) is 20.4. The van der Waals surface area contributed by atoms with Crippen molar-refractivity contribution < 1.29 is 29.1 Å². The Morgan fingerprint density at radius 3 is 2.40 bits per heavy atom. The molecule has 1 aromatic heterocycles. The second kappa shape index (κ2) is 13.0. The molecule has 0 saturated carbocycles. The summed E-state index contributed by atoms with van der Waals surface area (Å²) in [6, 6.07) is 17.8. The van der Waals surface area contributed by atoms with Gasteiger partial charge in [0.15, 0.2) is 6.10 Å². The smallest absolute Gasteiger partial charge is 0.319 e. The highest BCUT2D eigenvalue weighted by molar-refractivity contribution is 9.09. The fourth-order valence-electron chi connectivity index (χ4n) is 4.69. The average molecular weight is 671 g/mol. The van der Waals surface area contributed by atoms with Crippen LogP contribution in [-0.4, -0.2) is 78.0 Å². The number of hydrogen-bond acceptors (Lipinski definition) is 11. The van der Waals surface area contributed by atoms with Crippen molar-refractivity contribution in [1.29, 1.82) is 0 Å². The van der Waals surface area contributed by atoms with Crippen molar-refractivity contribution >= 4 is 74.6 Å². The number of ketones is 1. The van der Waals surface area contributed by atoms with E-state index in [0.29, 0.717) is 5.69 Å². The molecule has 3 aromatic rings. The van der Waals surface area contributed by atoms with E-state index in [9.17, 15) is 19.2 Å². The van der Waals surface area contributed by atoms with Crippen LogP contribution in [0, 0.1) is 5.41 Å². The largest absolute Gasteiger partial charge is 0.452 e. The quantitative estimate of drug-likeness (QED) is 0.0631. The van der Waals surface area contributed by atoms with Crippen molar-refractivity contribution in [3.63, 3.8) is 0 Å². The zero-order valence-electron chi connectivity index (χ0n) is 21.8. The van der Waals surface area contributed by atoms with E-state index < -0.39 is 52.2 Å². The molecule has 42 heavy (non-hydrogen) atoms. The van der Waals surface area contributed by atoms with Gasteiger partial charge in [0.2, 0.25) is 17.4 Å². The number of nitrogens with one attached hydrogen (secondary N) is 1. The molecule has 2 aromatic carbocycles. The number of Topliss-reactive ketones (excluding diaryl/α,β-unsaturated/α-hetero) is 1. The SMILES string of the molecule is O=C(CBr)C(=NO)C(=O)NC1C(=O)N2CC(C=Cc3csnn3)(C(=O)OC(c3ccccc3)c3ccccc3)CS[C@H]12. The molecule has 0 bridgehead atoms. The maximum atomic E-state index is 14.1. The number of nitrogens with zero attached hydrogens (tertiary/aromatic N) is 4. The van der Waals surface area contributed by atoms with Gasteiger partial charge in [-0.25, -0.2) is 0 Å². The Bertz CT molecular complexity index is 1480. The van der Waals surface area contributed by atoms with Crippen LogP contribution in [0.1, 0.15) is 22.9 Å².